The third-order valence-corrected chi connectivity index (χ3v) is 3.31. The largest absolute Gasteiger partial charge is 0.359 e. The molecule has 0 radical (unpaired) electrons. The molecule has 22 heavy (non-hydrogen) atoms. The van der Waals surface area contributed by atoms with Crippen molar-refractivity contribution >= 4 is 23.4 Å². The SMILES string of the molecule is C=CC(=O)N(C)c1ccc(C(=O)N(C)CCC(=O)NC)cc1. The molecule has 1 aromatic rings. The number of anilines is 1. The van der Waals surface area contributed by atoms with E-state index in [1.54, 1.807) is 45.4 Å². The van der Waals surface area contributed by atoms with E-state index >= 15 is 0 Å². The first kappa shape index (κ1) is 17.4. The van der Waals surface area contributed by atoms with Gasteiger partial charge in [-0.2, -0.15) is 0 Å². The van der Waals surface area contributed by atoms with Gasteiger partial charge in [0.2, 0.25) is 11.8 Å². The normalized spacial score (nSPS) is 9.77. The third kappa shape index (κ3) is 4.44. The van der Waals surface area contributed by atoms with Crippen molar-refractivity contribution in [2.24, 2.45) is 0 Å². The van der Waals surface area contributed by atoms with Gasteiger partial charge < -0.3 is 15.1 Å². The lowest BCUT2D eigenvalue weighted by molar-refractivity contribution is -0.120. The summed E-state index contributed by atoms with van der Waals surface area (Å²) in [6.07, 6.45) is 1.49. The molecule has 0 aliphatic carbocycles. The predicted octanol–water partition coefficient (Wildman–Crippen LogP) is 1.04. The highest BCUT2D eigenvalue weighted by Crippen LogP contribution is 2.15. The monoisotopic (exact) mass is 303 g/mol. The average molecular weight is 303 g/mol. The van der Waals surface area contributed by atoms with E-state index in [-0.39, 0.29) is 24.1 Å². The highest BCUT2D eigenvalue weighted by molar-refractivity contribution is 6.01. The van der Waals surface area contributed by atoms with Gasteiger partial charge in [-0.1, -0.05) is 6.58 Å². The van der Waals surface area contributed by atoms with Crippen LogP contribution in [0.5, 0.6) is 0 Å². The minimum atomic E-state index is -0.221. The molecule has 1 rings (SSSR count). The number of nitrogens with one attached hydrogen (secondary N) is 1. The lowest BCUT2D eigenvalue weighted by atomic mass is 10.1. The van der Waals surface area contributed by atoms with Crippen LogP contribution in [0.4, 0.5) is 5.69 Å². The predicted molar refractivity (Wildman–Crippen MR) is 85.7 cm³/mol. The molecule has 0 bridgehead atoms. The molecule has 0 aliphatic heterocycles. The summed E-state index contributed by atoms with van der Waals surface area (Å²) in [5.74, 6) is -0.505. The zero-order valence-electron chi connectivity index (χ0n) is 13.1. The van der Waals surface area contributed by atoms with Crippen molar-refractivity contribution in [3.8, 4) is 0 Å². The van der Waals surface area contributed by atoms with Gasteiger partial charge in [0.05, 0.1) is 0 Å². The molecular weight excluding hydrogens is 282 g/mol. The summed E-state index contributed by atoms with van der Waals surface area (Å²) in [6.45, 7) is 3.78. The quantitative estimate of drug-likeness (QED) is 0.798. The third-order valence-electron chi connectivity index (χ3n) is 3.31. The van der Waals surface area contributed by atoms with Crippen molar-refractivity contribution < 1.29 is 14.4 Å². The lowest BCUT2D eigenvalue weighted by Crippen LogP contribution is -2.31. The molecular formula is C16H21N3O3. The Bertz CT molecular complexity index is 567. The molecule has 0 heterocycles. The Labute approximate surface area is 130 Å². The second-order valence-corrected chi connectivity index (χ2v) is 4.80. The molecule has 3 amide bonds. The van der Waals surface area contributed by atoms with Crippen LogP contribution in [-0.4, -0.2) is 50.3 Å². The summed E-state index contributed by atoms with van der Waals surface area (Å²) >= 11 is 0. The maximum atomic E-state index is 12.2. The Balaban J connectivity index is 2.73. The van der Waals surface area contributed by atoms with Crippen molar-refractivity contribution in [2.75, 3.05) is 32.6 Å². The van der Waals surface area contributed by atoms with Crippen molar-refractivity contribution in [1.82, 2.24) is 10.2 Å². The van der Waals surface area contributed by atoms with E-state index in [4.69, 9.17) is 0 Å². The minimum absolute atomic E-state index is 0.112. The molecule has 1 N–H and O–H groups in total. The molecule has 0 unspecified atom stereocenters. The topological polar surface area (TPSA) is 69.7 Å². The summed E-state index contributed by atoms with van der Waals surface area (Å²) in [7, 11) is 4.84. The summed E-state index contributed by atoms with van der Waals surface area (Å²) in [4.78, 5) is 37.8. The van der Waals surface area contributed by atoms with Crippen LogP contribution < -0.4 is 10.2 Å². The smallest absolute Gasteiger partial charge is 0.253 e. The van der Waals surface area contributed by atoms with Crippen molar-refractivity contribution in [3.05, 3.63) is 42.5 Å². The molecule has 0 spiro atoms. The van der Waals surface area contributed by atoms with Crippen molar-refractivity contribution in [3.63, 3.8) is 0 Å². The van der Waals surface area contributed by atoms with Gasteiger partial charge in [-0.05, 0) is 30.3 Å². The maximum Gasteiger partial charge on any atom is 0.253 e. The van der Waals surface area contributed by atoms with E-state index in [0.29, 0.717) is 17.8 Å². The average Bonchev–Trinajstić information content (AvgIpc) is 2.57. The second kappa shape index (κ2) is 7.97. The molecule has 0 aliphatic rings. The van der Waals surface area contributed by atoms with Gasteiger partial charge in [0, 0.05) is 45.4 Å². The van der Waals surface area contributed by atoms with Crippen LogP contribution in [0, 0.1) is 0 Å². The Kier molecular flexibility index (Phi) is 6.31. The van der Waals surface area contributed by atoms with Crippen LogP contribution >= 0.6 is 0 Å². The van der Waals surface area contributed by atoms with E-state index in [0.717, 1.165) is 0 Å². The maximum absolute atomic E-state index is 12.2. The van der Waals surface area contributed by atoms with E-state index in [2.05, 4.69) is 11.9 Å². The molecule has 0 aromatic heterocycles. The van der Waals surface area contributed by atoms with Gasteiger partial charge in [0.25, 0.3) is 5.91 Å². The van der Waals surface area contributed by atoms with E-state index in [1.165, 1.54) is 15.9 Å². The van der Waals surface area contributed by atoms with E-state index < -0.39 is 0 Å². The highest BCUT2D eigenvalue weighted by atomic mass is 16.2. The first-order valence-electron chi connectivity index (χ1n) is 6.87. The van der Waals surface area contributed by atoms with Gasteiger partial charge in [-0.15, -0.1) is 0 Å². The summed E-state index contributed by atoms with van der Waals surface area (Å²) in [5, 5.41) is 2.51. The fraction of sp³-hybridized carbons (Fsp3) is 0.312. The van der Waals surface area contributed by atoms with Gasteiger partial charge in [0.1, 0.15) is 0 Å². The van der Waals surface area contributed by atoms with Crippen LogP contribution in [0.25, 0.3) is 0 Å². The molecule has 6 nitrogen and oxygen atoms in total. The number of carbonyl (C=O) groups is 3. The second-order valence-electron chi connectivity index (χ2n) is 4.80. The van der Waals surface area contributed by atoms with Crippen LogP contribution in [0.15, 0.2) is 36.9 Å². The fourth-order valence-corrected chi connectivity index (χ4v) is 1.81. The molecule has 1 aromatic carbocycles. The fourth-order valence-electron chi connectivity index (χ4n) is 1.81. The number of rotatable bonds is 6. The standard InChI is InChI=1S/C16H21N3O3/c1-5-15(21)19(4)13-8-6-12(7-9-13)16(22)18(3)11-10-14(20)17-2/h5-9H,1,10-11H2,2-4H3,(H,17,20). The molecule has 0 saturated carbocycles. The number of carbonyl (C=O) groups excluding carboxylic acids is 3. The summed E-state index contributed by atoms with van der Waals surface area (Å²) in [6, 6.07) is 6.70. The van der Waals surface area contributed by atoms with Gasteiger partial charge in [0.15, 0.2) is 0 Å². The summed E-state index contributed by atoms with van der Waals surface area (Å²) < 4.78 is 0. The van der Waals surface area contributed by atoms with E-state index in [1.807, 2.05) is 0 Å². The number of likely N-dealkylation sites (N-methyl/N-ethyl adjacent to an activating group) is 1. The Morgan fingerprint density at radius 2 is 1.77 bits per heavy atom. The lowest BCUT2D eigenvalue weighted by Gasteiger charge is -2.18. The van der Waals surface area contributed by atoms with E-state index in [9.17, 15) is 14.4 Å². The molecule has 0 fully saturated rings. The number of hydrogen-bond acceptors (Lipinski definition) is 3. The Morgan fingerprint density at radius 1 is 1.18 bits per heavy atom. The Morgan fingerprint density at radius 3 is 2.27 bits per heavy atom. The highest BCUT2D eigenvalue weighted by Gasteiger charge is 2.14. The van der Waals surface area contributed by atoms with Crippen molar-refractivity contribution in [2.45, 2.75) is 6.42 Å². The molecule has 0 saturated heterocycles. The Hall–Kier alpha value is -2.63. The number of nitrogens with zero attached hydrogens (tertiary/aromatic N) is 2. The van der Waals surface area contributed by atoms with Crippen LogP contribution in [0.3, 0.4) is 0 Å². The first-order chi connectivity index (χ1) is 10.4. The number of benzene rings is 1. The minimum Gasteiger partial charge on any atom is -0.359 e. The van der Waals surface area contributed by atoms with Gasteiger partial charge in [-0.25, -0.2) is 0 Å². The van der Waals surface area contributed by atoms with Crippen molar-refractivity contribution in [1.29, 1.82) is 0 Å². The molecule has 0 atom stereocenters. The zero-order chi connectivity index (χ0) is 16.7. The molecule has 118 valence electrons. The number of amides is 3. The van der Waals surface area contributed by atoms with Gasteiger partial charge >= 0.3 is 0 Å². The first-order valence-corrected chi connectivity index (χ1v) is 6.87. The summed E-state index contributed by atoms with van der Waals surface area (Å²) in [5.41, 5.74) is 1.18. The zero-order valence-corrected chi connectivity index (χ0v) is 13.1. The number of hydrogen-bond donors (Lipinski definition) is 1. The van der Waals surface area contributed by atoms with Crippen LogP contribution in [0.1, 0.15) is 16.8 Å². The van der Waals surface area contributed by atoms with Crippen LogP contribution in [0.2, 0.25) is 0 Å². The van der Waals surface area contributed by atoms with Crippen LogP contribution in [-0.2, 0) is 9.59 Å². The van der Waals surface area contributed by atoms with Gasteiger partial charge in [-0.3, -0.25) is 14.4 Å². The molecule has 6 heteroatoms.